The molecular weight excluding hydrogens is 396 g/mol. The van der Waals surface area contributed by atoms with Gasteiger partial charge in [0.2, 0.25) is 0 Å². The molecule has 5 aliphatic rings. The van der Waals surface area contributed by atoms with Crippen molar-refractivity contribution >= 4 is 11.8 Å². The summed E-state index contributed by atoms with van der Waals surface area (Å²) in [5.74, 6) is 4.68. The summed E-state index contributed by atoms with van der Waals surface area (Å²) in [4.78, 5) is 25.0. The summed E-state index contributed by atoms with van der Waals surface area (Å²) in [5, 5.41) is 0. The number of carbonyl (C=O) groups is 2. The normalized spacial score (nSPS) is 44.8. The second-order valence-electron chi connectivity index (χ2n) is 12.4. The van der Waals surface area contributed by atoms with Gasteiger partial charge in [-0.25, -0.2) is 0 Å². The van der Waals surface area contributed by atoms with Gasteiger partial charge in [0.05, 0.1) is 5.92 Å². The van der Waals surface area contributed by atoms with Gasteiger partial charge in [0, 0.05) is 11.8 Å². The van der Waals surface area contributed by atoms with Gasteiger partial charge in [-0.3, -0.25) is 9.59 Å². The van der Waals surface area contributed by atoms with Gasteiger partial charge < -0.3 is 4.74 Å². The van der Waals surface area contributed by atoms with E-state index in [9.17, 15) is 9.59 Å². The summed E-state index contributed by atoms with van der Waals surface area (Å²) in [6.45, 7) is 7.11. The number of carbonyl (C=O) groups excluding carboxylic acids is 2. The Morgan fingerprint density at radius 3 is 2.81 bits per heavy atom. The lowest BCUT2D eigenvalue weighted by Gasteiger charge is -2.55. The van der Waals surface area contributed by atoms with Crippen molar-refractivity contribution in [2.75, 3.05) is 0 Å². The maximum Gasteiger partial charge on any atom is 0.309 e. The highest BCUT2D eigenvalue weighted by Crippen LogP contribution is 2.63. The van der Waals surface area contributed by atoms with Gasteiger partial charge >= 0.3 is 5.97 Å². The molecule has 0 aromatic rings. The fraction of sp³-hybridized carbons (Fsp3) is 0.862. The fourth-order valence-electron chi connectivity index (χ4n) is 8.65. The zero-order chi connectivity index (χ0) is 22.5. The average molecular weight is 441 g/mol. The smallest absolute Gasteiger partial charge is 0.309 e. The molecule has 4 fully saturated rings. The topological polar surface area (TPSA) is 43.4 Å². The highest BCUT2D eigenvalue weighted by atomic mass is 16.5. The van der Waals surface area contributed by atoms with Crippen molar-refractivity contribution in [3.63, 3.8) is 0 Å². The largest absolute Gasteiger partial charge is 0.462 e. The number of hydrogen-bond donors (Lipinski definition) is 0. The fourth-order valence-corrected chi connectivity index (χ4v) is 8.65. The van der Waals surface area contributed by atoms with Crippen molar-refractivity contribution in [1.29, 1.82) is 0 Å². The lowest BCUT2D eigenvalue weighted by atomic mass is 9.49. The number of ether oxygens (including phenoxy) is 1. The number of fused-ring (bicyclic) bond motifs is 5. The van der Waals surface area contributed by atoms with E-state index in [0.29, 0.717) is 29.5 Å². The molecule has 0 bridgehead atoms. The van der Waals surface area contributed by atoms with Crippen molar-refractivity contribution in [1.82, 2.24) is 0 Å². The third kappa shape index (κ3) is 4.00. The molecule has 0 radical (unpaired) electrons. The second kappa shape index (κ2) is 8.91. The number of rotatable bonds is 7. The van der Waals surface area contributed by atoms with Crippen LogP contribution in [0.25, 0.3) is 0 Å². The van der Waals surface area contributed by atoms with Crippen molar-refractivity contribution in [3.8, 4) is 0 Å². The standard InChI is InChI=1S/C29H44O3/c1-4-5-6-7-8-19-17-24(19)28(31)32-26-12-11-25-27-18(2)15-20-16-21(30)9-10-22(20)23(27)13-14-29(25,26)3/h16,18-19,22-27H,4-15,17H2,1-3H3/t18-,19?,22+,23-,24?,25+,26+,27-,29+/m1/s1. The molecule has 5 aliphatic carbocycles. The second-order valence-corrected chi connectivity index (χ2v) is 12.4. The van der Waals surface area contributed by atoms with Crippen LogP contribution in [0.3, 0.4) is 0 Å². The van der Waals surface area contributed by atoms with Crippen LogP contribution < -0.4 is 0 Å². The Labute approximate surface area is 195 Å². The Bertz CT molecular complexity index is 768. The number of allylic oxidation sites excluding steroid dienone is 1. The number of ketones is 1. The summed E-state index contributed by atoms with van der Waals surface area (Å²) in [5.41, 5.74) is 1.61. The minimum atomic E-state index is 0.118. The zero-order valence-corrected chi connectivity index (χ0v) is 20.6. The van der Waals surface area contributed by atoms with Crippen molar-refractivity contribution < 1.29 is 14.3 Å². The predicted octanol–water partition coefficient (Wildman–Crippen LogP) is 6.89. The molecule has 0 aliphatic heterocycles. The van der Waals surface area contributed by atoms with Gasteiger partial charge in [-0.2, -0.15) is 0 Å². The molecule has 32 heavy (non-hydrogen) atoms. The van der Waals surface area contributed by atoms with Crippen molar-refractivity contribution in [3.05, 3.63) is 11.6 Å². The van der Waals surface area contributed by atoms with Gasteiger partial charge in [-0.15, -0.1) is 0 Å². The lowest BCUT2D eigenvalue weighted by molar-refractivity contribution is -0.161. The summed E-state index contributed by atoms with van der Waals surface area (Å²) in [6.07, 6.45) is 17.2. The maximum absolute atomic E-state index is 13.0. The first kappa shape index (κ1) is 22.7. The summed E-state index contributed by atoms with van der Waals surface area (Å²) in [6, 6.07) is 0. The molecule has 178 valence electrons. The van der Waals surface area contributed by atoms with Gasteiger partial charge in [0.1, 0.15) is 6.10 Å². The Hall–Kier alpha value is -1.12. The number of hydrogen-bond acceptors (Lipinski definition) is 3. The van der Waals surface area contributed by atoms with E-state index >= 15 is 0 Å². The van der Waals surface area contributed by atoms with Gasteiger partial charge in [-0.05, 0) is 93.0 Å². The molecule has 0 amide bonds. The Balaban J connectivity index is 1.21. The van der Waals surface area contributed by atoms with Crippen LogP contribution >= 0.6 is 0 Å². The minimum absolute atomic E-state index is 0.118. The quantitative estimate of drug-likeness (QED) is 0.320. The molecule has 3 nitrogen and oxygen atoms in total. The molecule has 0 heterocycles. The molecule has 0 aromatic heterocycles. The molecule has 4 saturated carbocycles. The first-order valence-electron chi connectivity index (χ1n) is 13.9. The highest BCUT2D eigenvalue weighted by molar-refractivity contribution is 5.91. The van der Waals surface area contributed by atoms with E-state index in [4.69, 9.17) is 4.74 Å². The van der Waals surface area contributed by atoms with Gasteiger partial charge in [0.25, 0.3) is 0 Å². The van der Waals surface area contributed by atoms with E-state index in [0.717, 1.165) is 43.9 Å². The molecule has 0 N–H and O–H groups in total. The Kier molecular flexibility index (Phi) is 6.31. The Morgan fingerprint density at radius 2 is 2.00 bits per heavy atom. The van der Waals surface area contributed by atoms with Crippen LogP contribution in [-0.4, -0.2) is 17.9 Å². The highest BCUT2D eigenvalue weighted by Gasteiger charge is 2.59. The van der Waals surface area contributed by atoms with E-state index in [-0.39, 0.29) is 23.4 Å². The number of unbranched alkanes of at least 4 members (excludes halogenated alkanes) is 3. The van der Waals surface area contributed by atoms with Crippen LogP contribution in [0.5, 0.6) is 0 Å². The summed E-state index contributed by atoms with van der Waals surface area (Å²) >= 11 is 0. The van der Waals surface area contributed by atoms with Crippen LogP contribution in [0.2, 0.25) is 0 Å². The molecule has 0 aromatic carbocycles. The average Bonchev–Trinajstić information content (AvgIpc) is 3.47. The number of esters is 1. The van der Waals surface area contributed by atoms with E-state index in [1.807, 2.05) is 6.08 Å². The first-order valence-corrected chi connectivity index (χ1v) is 13.9. The zero-order valence-electron chi connectivity index (χ0n) is 20.6. The Morgan fingerprint density at radius 1 is 1.16 bits per heavy atom. The maximum atomic E-state index is 13.0. The first-order chi connectivity index (χ1) is 15.4. The van der Waals surface area contributed by atoms with E-state index in [1.54, 1.807) is 0 Å². The monoisotopic (exact) mass is 440 g/mol. The molecule has 3 heteroatoms. The van der Waals surface area contributed by atoms with Crippen LogP contribution in [0, 0.1) is 46.8 Å². The van der Waals surface area contributed by atoms with E-state index < -0.39 is 0 Å². The molecule has 9 atom stereocenters. The van der Waals surface area contributed by atoms with E-state index in [2.05, 4.69) is 20.8 Å². The SMILES string of the molecule is CCCCCCC1CC1C(=O)O[C@H]1CC[C@H]2[C@H]3[C@H](CC[C@]12C)[C@H]1CCC(=O)C=C1C[C@H]3C. The minimum Gasteiger partial charge on any atom is -0.462 e. The van der Waals surface area contributed by atoms with Gasteiger partial charge in [0.15, 0.2) is 5.78 Å². The lowest BCUT2D eigenvalue weighted by Crippen LogP contribution is -2.50. The van der Waals surface area contributed by atoms with Crippen molar-refractivity contribution in [2.45, 2.75) is 110 Å². The summed E-state index contributed by atoms with van der Waals surface area (Å²) in [7, 11) is 0. The van der Waals surface area contributed by atoms with Crippen molar-refractivity contribution in [2.24, 2.45) is 46.8 Å². The molecule has 5 rings (SSSR count). The third-order valence-electron chi connectivity index (χ3n) is 10.5. The molecule has 0 spiro atoms. The van der Waals surface area contributed by atoms with Crippen LogP contribution in [0.15, 0.2) is 11.6 Å². The molecule has 2 unspecified atom stereocenters. The van der Waals surface area contributed by atoms with Crippen LogP contribution in [0.4, 0.5) is 0 Å². The molecular formula is C29H44O3. The third-order valence-corrected chi connectivity index (χ3v) is 10.5. The summed E-state index contributed by atoms with van der Waals surface area (Å²) < 4.78 is 6.31. The van der Waals surface area contributed by atoms with Gasteiger partial charge in [-0.1, -0.05) is 52.0 Å². The van der Waals surface area contributed by atoms with Crippen LogP contribution in [-0.2, 0) is 14.3 Å². The predicted molar refractivity (Wildman–Crippen MR) is 127 cm³/mol. The van der Waals surface area contributed by atoms with Crippen LogP contribution in [0.1, 0.15) is 104 Å². The molecule has 0 saturated heterocycles. The van der Waals surface area contributed by atoms with E-state index in [1.165, 1.54) is 56.9 Å².